The Morgan fingerprint density at radius 3 is 2.08 bits per heavy atom. The number of hydrogen-bond acceptors (Lipinski definition) is 5. The molecule has 2 heterocycles. The molecule has 3 aliphatic rings. The number of sulfonamides is 1. The Labute approximate surface area is 232 Å². The van der Waals surface area contributed by atoms with E-state index in [1.165, 1.54) is 50.7 Å². The van der Waals surface area contributed by atoms with Crippen LogP contribution >= 0.6 is 11.6 Å². The lowest BCUT2D eigenvalue weighted by atomic mass is 10.0. The van der Waals surface area contributed by atoms with E-state index >= 15 is 0 Å². The second-order valence-electron chi connectivity index (χ2n) is 10.8. The number of anilines is 1. The lowest BCUT2D eigenvalue weighted by molar-refractivity contribution is 0.0552. The number of piperidine rings is 1. The lowest BCUT2D eigenvalue weighted by Gasteiger charge is -2.40. The first kappa shape index (κ1) is 27.4. The Kier molecular flexibility index (Phi) is 8.93. The van der Waals surface area contributed by atoms with Gasteiger partial charge < -0.3 is 9.80 Å². The van der Waals surface area contributed by atoms with Crippen molar-refractivity contribution in [2.75, 3.05) is 44.2 Å². The molecule has 1 saturated carbocycles. The predicted octanol–water partition coefficient (Wildman–Crippen LogP) is 4.77. The van der Waals surface area contributed by atoms with Gasteiger partial charge in [0.25, 0.3) is 5.91 Å². The highest BCUT2D eigenvalue weighted by molar-refractivity contribution is 7.89. The van der Waals surface area contributed by atoms with Gasteiger partial charge in [-0.1, -0.05) is 49.4 Å². The first-order valence-electron chi connectivity index (χ1n) is 14.1. The maximum atomic E-state index is 13.6. The minimum atomic E-state index is -3.60. The third kappa shape index (κ3) is 6.53. The molecule has 0 unspecified atom stereocenters. The summed E-state index contributed by atoms with van der Waals surface area (Å²) in [4.78, 5) is 20.7. The molecule has 0 atom stereocenters. The molecule has 2 aromatic rings. The van der Waals surface area contributed by atoms with Crippen LogP contribution in [0.2, 0.25) is 5.02 Å². The van der Waals surface area contributed by atoms with Crippen molar-refractivity contribution >= 4 is 33.2 Å². The van der Waals surface area contributed by atoms with Crippen LogP contribution in [0.3, 0.4) is 0 Å². The summed E-state index contributed by atoms with van der Waals surface area (Å²) in [5.41, 5.74) is 1.69. The number of amides is 1. The summed E-state index contributed by atoms with van der Waals surface area (Å²) in [6, 6.07) is 14.6. The Hall–Kier alpha value is -2.13. The maximum Gasteiger partial charge on any atom is 0.256 e. The van der Waals surface area contributed by atoms with Gasteiger partial charge in [-0.15, -0.1) is 0 Å². The van der Waals surface area contributed by atoms with E-state index in [1.807, 2.05) is 29.2 Å². The van der Waals surface area contributed by atoms with Crippen LogP contribution in [0.4, 0.5) is 5.69 Å². The van der Waals surface area contributed by atoms with Crippen LogP contribution < -0.4 is 9.62 Å². The lowest BCUT2D eigenvalue weighted by Crippen LogP contribution is -2.52. The molecule has 1 aliphatic carbocycles. The smallest absolute Gasteiger partial charge is 0.256 e. The predicted molar refractivity (Wildman–Crippen MR) is 152 cm³/mol. The quantitative estimate of drug-likeness (QED) is 0.517. The molecule has 2 aliphatic heterocycles. The molecule has 0 bridgehead atoms. The molecule has 0 aromatic heterocycles. The number of rotatable bonds is 6. The van der Waals surface area contributed by atoms with Gasteiger partial charge in [0.1, 0.15) is 0 Å². The van der Waals surface area contributed by atoms with Gasteiger partial charge in [0.05, 0.1) is 10.5 Å². The first-order chi connectivity index (χ1) is 18.4. The Morgan fingerprint density at radius 2 is 1.42 bits per heavy atom. The molecule has 2 saturated heterocycles. The standard InChI is InChI=1S/C29H39ClN4O3S/c30-23-11-13-26(14-12-23)38(36,37)31-24-15-17-33(18-16-24)28-10-6-5-9-27(28)29(35)34-21-19-32(20-22-34)25-7-3-1-2-4-8-25/h5-6,9-14,24-25,31H,1-4,7-8,15-22H2. The number of halogens is 1. The van der Waals surface area contributed by atoms with Gasteiger partial charge >= 0.3 is 0 Å². The Bertz CT molecular complexity index is 1180. The van der Waals surface area contributed by atoms with Crippen molar-refractivity contribution in [3.63, 3.8) is 0 Å². The van der Waals surface area contributed by atoms with Crippen molar-refractivity contribution in [3.8, 4) is 0 Å². The molecule has 38 heavy (non-hydrogen) atoms. The minimum Gasteiger partial charge on any atom is -0.371 e. The number of para-hydroxylation sites is 1. The minimum absolute atomic E-state index is 0.103. The van der Waals surface area contributed by atoms with Crippen molar-refractivity contribution in [1.82, 2.24) is 14.5 Å². The highest BCUT2D eigenvalue weighted by atomic mass is 35.5. The number of carbonyl (C=O) groups is 1. The van der Waals surface area contributed by atoms with E-state index < -0.39 is 10.0 Å². The average molecular weight is 559 g/mol. The highest BCUT2D eigenvalue weighted by Gasteiger charge is 2.30. The van der Waals surface area contributed by atoms with Gasteiger partial charge in [0.15, 0.2) is 0 Å². The van der Waals surface area contributed by atoms with Crippen molar-refractivity contribution in [2.24, 2.45) is 0 Å². The molecule has 5 rings (SSSR count). The normalized spacial score (nSPS) is 20.9. The van der Waals surface area contributed by atoms with Crippen LogP contribution in [0.25, 0.3) is 0 Å². The van der Waals surface area contributed by atoms with Crippen molar-refractivity contribution in [1.29, 1.82) is 0 Å². The van der Waals surface area contributed by atoms with E-state index in [2.05, 4.69) is 14.5 Å². The topological polar surface area (TPSA) is 73.0 Å². The summed E-state index contributed by atoms with van der Waals surface area (Å²) < 4.78 is 28.5. The van der Waals surface area contributed by atoms with E-state index in [0.29, 0.717) is 37.0 Å². The number of nitrogens with zero attached hydrogens (tertiary/aromatic N) is 3. The number of hydrogen-bond donors (Lipinski definition) is 1. The van der Waals surface area contributed by atoms with Crippen LogP contribution in [0.5, 0.6) is 0 Å². The van der Waals surface area contributed by atoms with Crippen molar-refractivity contribution in [3.05, 3.63) is 59.1 Å². The molecule has 206 valence electrons. The molecule has 1 N–H and O–H groups in total. The number of benzene rings is 2. The van der Waals surface area contributed by atoms with Crippen LogP contribution in [-0.2, 0) is 10.0 Å². The second-order valence-corrected chi connectivity index (χ2v) is 13.0. The molecule has 0 radical (unpaired) electrons. The molecular formula is C29H39ClN4O3S. The van der Waals surface area contributed by atoms with E-state index in [0.717, 1.165) is 37.4 Å². The third-order valence-electron chi connectivity index (χ3n) is 8.36. The zero-order valence-corrected chi connectivity index (χ0v) is 23.6. The van der Waals surface area contributed by atoms with Crippen LogP contribution in [0.15, 0.2) is 53.4 Å². The average Bonchev–Trinajstić information content (AvgIpc) is 3.23. The van der Waals surface area contributed by atoms with Crippen LogP contribution in [0, 0.1) is 0 Å². The fraction of sp³-hybridized carbons (Fsp3) is 0.552. The third-order valence-corrected chi connectivity index (χ3v) is 10.1. The molecule has 2 aromatic carbocycles. The van der Waals surface area contributed by atoms with Gasteiger partial charge in [-0.25, -0.2) is 13.1 Å². The van der Waals surface area contributed by atoms with E-state index in [1.54, 1.807) is 12.1 Å². The van der Waals surface area contributed by atoms with Gasteiger partial charge in [-0.2, -0.15) is 0 Å². The largest absolute Gasteiger partial charge is 0.371 e. The second kappa shape index (κ2) is 12.4. The first-order valence-corrected chi connectivity index (χ1v) is 15.9. The summed E-state index contributed by atoms with van der Waals surface area (Å²) >= 11 is 5.91. The monoisotopic (exact) mass is 558 g/mol. The zero-order valence-electron chi connectivity index (χ0n) is 22.0. The van der Waals surface area contributed by atoms with E-state index in [4.69, 9.17) is 11.6 Å². The maximum absolute atomic E-state index is 13.6. The van der Waals surface area contributed by atoms with Gasteiger partial charge in [0, 0.05) is 62.1 Å². The Morgan fingerprint density at radius 1 is 0.789 bits per heavy atom. The van der Waals surface area contributed by atoms with Crippen LogP contribution in [0.1, 0.15) is 61.7 Å². The molecule has 7 nitrogen and oxygen atoms in total. The number of carbonyl (C=O) groups excluding carboxylic acids is 1. The van der Waals surface area contributed by atoms with Crippen LogP contribution in [-0.4, -0.2) is 75.5 Å². The van der Waals surface area contributed by atoms with Crippen molar-refractivity contribution in [2.45, 2.75) is 68.3 Å². The molecule has 9 heteroatoms. The summed E-state index contributed by atoms with van der Waals surface area (Å²) in [6.07, 6.45) is 9.32. The van der Waals surface area contributed by atoms with E-state index in [-0.39, 0.29) is 16.8 Å². The molecule has 0 spiro atoms. The fourth-order valence-electron chi connectivity index (χ4n) is 6.15. The van der Waals surface area contributed by atoms with Gasteiger partial charge in [-0.3, -0.25) is 9.69 Å². The molecule has 3 fully saturated rings. The fourth-order valence-corrected chi connectivity index (χ4v) is 7.58. The van der Waals surface area contributed by atoms with Gasteiger partial charge in [-0.05, 0) is 62.1 Å². The summed E-state index contributed by atoms with van der Waals surface area (Å²) in [7, 11) is -3.60. The highest BCUT2D eigenvalue weighted by Crippen LogP contribution is 2.28. The molecule has 1 amide bonds. The zero-order chi connectivity index (χ0) is 26.5. The molecular weight excluding hydrogens is 520 g/mol. The summed E-state index contributed by atoms with van der Waals surface area (Å²) in [5, 5.41) is 0.506. The van der Waals surface area contributed by atoms with E-state index in [9.17, 15) is 13.2 Å². The Balaban J connectivity index is 1.18. The number of piperazine rings is 1. The van der Waals surface area contributed by atoms with Crippen molar-refractivity contribution < 1.29 is 13.2 Å². The SMILES string of the molecule is O=C(c1ccccc1N1CCC(NS(=O)(=O)c2ccc(Cl)cc2)CC1)N1CCN(C2CCCCCC2)CC1. The summed E-state index contributed by atoms with van der Waals surface area (Å²) in [6.45, 7) is 4.84. The summed E-state index contributed by atoms with van der Waals surface area (Å²) in [5.74, 6) is 0.103. The van der Waals surface area contributed by atoms with Gasteiger partial charge in [0.2, 0.25) is 10.0 Å². The number of nitrogens with one attached hydrogen (secondary N) is 1.